The van der Waals surface area contributed by atoms with E-state index in [2.05, 4.69) is 37.7 Å². The number of methoxy groups -OCH3 is 2. The number of sulfonamides is 1. The van der Waals surface area contributed by atoms with Gasteiger partial charge in [0.25, 0.3) is 22.9 Å². The van der Waals surface area contributed by atoms with Crippen LogP contribution >= 0.6 is 0 Å². The van der Waals surface area contributed by atoms with Crippen molar-refractivity contribution < 1.29 is 27.5 Å². The smallest absolute Gasteiger partial charge is 0.256 e. The maximum absolute atomic E-state index is 13.2. The average Bonchev–Trinajstić information content (AvgIpc) is 3.96. The molecular weight excluding hydrogens is 803 g/mol. The van der Waals surface area contributed by atoms with Crippen molar-refractivity contribution >= 4 is 32.9 Å². The standard InChI is InChI=1S/C22H26N4O3.C21H27N5O5S/c1-12-10-18(29-4)16(21(27)25-12)11-23-22(28)19-14(3)20(13(2)15-7-8-15)26-17(19)6-5-9-24-26;1-12-10-17(31-5)15(20(27)24-12)11-22-21(28)18-13(2)19(14(3)25(4)32(6,29)30)26-16(18)8-7-9-23-26/h5-6,9-10,13,15H,7-8,11H2,1-4H3,(H,23,28)(H,25,27);7-10,14H,11H2,1-6H3,(H,22,28)(H,24,27). The molecule has 1 aliphatic rings. The van der Waals surface area contributed by atoms with Crippen LogP contribution in [0.2, 0.25) is 0 Å². The second-order valence-electron chi connectivity index (χ2n) is 15.5. The van der Waals surface area contributed by atoms with Crippen molar-refractivity contribution in [1.29, 1.82) is 0 Å². The Balaban J connectivity index is 0.000000205. The molecule has 1 aliphatic carbocycles. The Labute approximate surface area is 353 Å². The van der Waals surface area contributed by atoms with Gasteiger partial charge in [-0.15, -0.1) is 0 Å². The predicted molar refractivity (Wildman–Crippen MR) is 231 cm³/mol. The first-order valence-corrected chi connectivity index (χ1v) is 21.7. The minimum atomic E-state index is -3.47. The van der Waals surface area contributed by atoms with Crippen LogP contribution < -0.4 is 31.2 Å². The second kappa shape index (κ2) is 17.8. The quantitative estimate of drug-likeness (QED) is 0.127. The normalized spacial score (nSPS) is 13.8. The van der Waals surface area contributed by atoms with E-state index in [-0.39, 0.29) is 30.1 Å². The number of nitrogens with zero attached hydrogens (tertiary/aromatic N) is 5. The van der Waals surface area contributed by atoms with E-state index in [1.165, 1.54) is 38.4 Å². The van der Waals surface area contributed by atoms with Gasteiger partial charge in [0, 0.05) is 42.4 Å². The van der Waals surface area contributed by atoms with Crippen molar-refractivity contribution in [3.05, 3.63) is 126 Å². The molecule has 1 saturated carbocycles. The van der Waals surface area contributed by atoms with E-state index in [4.69, 9.17) is 9.47 Å². The monoisotopic (exact) mass is 855 g/mol. The van der Waals surface area contributed by atoms with Crippen molar-refractivity contribution in [2.24, 2.45) is 5.92 Å². The van der Waals surface area contributed by atoms with Gasteiger partial charge in [0.1, 0.15) is 11.5 Å². The highest BCUT2D eigenvalue weighted by Crippen LogP contribution is 2.44. The zero-order valence-electron chi connectivity index (χ0n) is 36.1. The van der Waals surface area contributed by atoms with Gasteiger partial charge < -0.3 is 30.1 Å². The molecule has 61 heavy (non-hydrogen) atoms. The van der Waals surface area contributed by atoms with Crippen molar-refractivity contribution in [2.75, 3.05) is 27.5 Å². The first-order chi connectivity index (χ1) is 28.9. The summed E-state index contributed by atoms with van der Waals surface area (Å²) in [7, 11) is 0.991. The summed E-state index contributed by atoms with van der Waals surface area (Å²) in [4.78, 5) is 56.5. The van der Waals surface area contributed by atoms with Crippen molar-refractivity contribution in [1.82, 2.24) is 44.1 Å². The number of aromatic amines is 2. The maximum Gasteiger partial charge on any atom is 0.256 e. The number of rotatable bonds is 13. The number of hydrogen-bond donors (Lipinski definition) is 4. The van der Waals surface area contributed by atoms with Crippen LogP contribution in [0.5, 0.6) is 11.5 Å². The fraction of sp³-hybridized carbons (Fsp3) is 0.395. The molecule has 0 radical (unpaired) electrons. The van der Waals surface area contributed by atoms with Crippen LogP contribution in [0, 0.1) is 33.6 Å². The molecule has 0 bridgehead atoms. The van der Waals surface area contributed by atoms with E-state index in [1.807, 2.05) is 23.6 Å². The number of carbonyl (C=O) groups excluding carboxylic acids is 2. The van der Waals surface area contributed by atoms with Crippen LogP contribution in [0.1, 0.15) is 104 Å². The number of fused-ring (bicyclic) bond motifs is 2. The highest BCUT2D eigenvalue weighted by molar-refractivity contribution is 7.88. The number of carbonyl (C=O) groups is 2. The number of amides is 2. The summed E-state index contributed by atoms with van der Waals surface area (Å²) in [5.41, 5.74) is 7.00. The molecule has 17 nitrogen and oxygen atoms in total. The number of nitrogens with one attached hydrogen (secondary N) is 4. The molecule has 2 amide bonds. The Hall–Kier alpha value is -6.27. The first-order valence-electron chi connectivity index (χ1n) is 19.8. The van der Waals surface area contributed by atoms with Crippen LogP contribution in [0.4, 0.5) is 0 Å². The second-order valence-corrected chi connectivity index (χ2v) is 17.6. The lowest BCUT2D eigenvalue weighted by Crippen LogP contribution is -2.30. The van der Waals surface area contributed by atoms with Gasteiger partial charge in [-0.1, -0.05) is 6.92 Å². The zero-order valence-corrected chi connectivity index (χ0v) is 36.9. The van der Waals surface area contributed by atoms with Gasteiger partial charge in [-0.3, -0.25) is 19.2 Å². The van der Waals surface area contributed by atoms with Crippen molar-refractivity contribution in [2.45, 2.75) is 79.4 Å². The van der Waals surface area contributed by atoms with Crippen LogP contribution in [0.15, 0.2) is 58.4 Å². The fourth-order valence-corrected chi connectivity index (χ4v) is 8.60. The molecule has 6 aromatic rings. The Morgan fingerprint density at radius 1 is 0.803 bits per heavy atom. The molecule has 324 valence electrons. The average molecular weight is 856 g/mol. The van der Waals surface area contributed by atoms with Crippen LogP contribution in [0.25, 0.3) is 11.0 Å². The third-order valence-corrected chi connectivity index (χ3v) is 12.8. The summed E-state index contributed by atoms with van der Waals surface area (Å²) in [5.74, 6) is 1.23. The highest BCUT2D eigenvalue weighted by Gasteiger charge is 2.34. The van der Waals surface area contributed by atoms with Gasteiger partial charge in [-0.2, -0.15) is 14.5 Å². The Bertz CT molecular complexity index is 2870. The largest absolute Gasteiger partial charge is 0.496 e. The zero-order chi connectivity index (χ0) is 44.5. The van der Waals surface area contributed by atoms with Crippen LogP contribution in [-0.2, 0) is 23.1 Å². The van der Waals surface area contributed by atoms with Gasteiger partial charge in [0.05, 0.1) is 78.6 Å². The maximum atomic E-state index is 13.2. The molecule has 2 unspecified atom stereocenters. The number of aromatic nitrogens is 6. The minimum absolute atomic E-state index is 0.0389. The van der Waals surface area contributed by atoms with E-state index >= 15 is 0 Å². The summed E-state index contributed by atoms with van der Waals surface area (Å²) < 4.78 is 39.5. The summed E-state index contributed by atoms with van der Waals surface area (Å²) in [6, 6.07) is 10.1. The van der Waals surface area contributed by atoms with E-state index in [0.717, 1.165) is 23.0 Å². The fourth-order valence-electron chi connectivity index (χ4n) is 7.93. The Kier molecular flexibility index (Phi) is 12.9. The molecule has 0 aromatic carbocycles. The molecule has 0 saturated heterocycles. The predicted octanol–water partition coefficient (Wildman–Crippen LogP) is 4.62. The molecule has 18 heteroatoms. The lowest BCUT2D eigenvalue weighted by atomic mass is 9.97. The molecule has 0 aliphatic heterocycles. The Morgan fingerprint density at radius 2 is 1.23 bits per heavy atom. The van der Waals surface area contributed by atoms with Crippen molar-refractivity contribution in [3.63, 3.8) is 0 Å². The third-order valence-electron chi connectivity index (χ3n) is 11.4. The van der Waals surface area contributed by atoms with Gasteiger partial charge >= 0.3 is 0 Å². The summed E-state index contributed by atoms with van der Waals surface area (Å²) >= 11 is 0. The lowest BCUT2D eigenvalue weighted by molar-refractivity contribution is 0.0943. The lowest BCUT2D eigenvalue weighted by Gasteiger charge is -2.23. The van der Waals surface area contributed by atoms with Gasteiger partial charge in [0.15, 0.2) is 0 Å². The third kappa shape index (κ3) is 8.95. The number of H-pyrrole nitrogens is 2. The number of hydrogen-bond acceptors (Lipinski definition) is 10. The minimum Gasteiger partial charge on any atom is -0.496 e. The van der Waals surface area contributed by atoms with Crippen LogP contribution in [-0.4, -0.2) is 81.3 Å². The first kappa shape index (κ1) is 44.3. The topological polar surface area (TPSA) is 214 Å². The van der Waals surface area contributed by atoms with E-state index in [0.29, 0.717) is 73.8 Å². The SMILES string of the molecule is COc1cc(C)[nH]c(=O)c1CNC(=O)c1c(C)c(C(C)C2CC2)n2ncccc12.COc1cc(C)[nH]c(=O)c1CNC(=O)c1c(C)c(C(C)N(C)S(C)(=O)=O)n2ncccc12. The summed E-state index contributed by atoms with van der Waals surface area (Å²) in [5, 5.41) is 14.5. The summed E-state index contributed by atoms with van der Waals surface area (Å²) in [6.07, 6.45) is 6.88. The van der Waals surface area contributed by atoms with E-state index < -0.39 is 22.0 Å². The van der Waals surface area contributed by atoms with Crippen LogP contribution in [0.3, 0.4) is 0 Å². The van der Waals surface area contributed by atoms with Gasteiger partial charge in [0.2, 0.25) is 10.0 Å². The highest BCUT2D eigenvalue weighted by atomic mass is 32.2. The van der Waals surface area contributed by atoms with Gasteiger partial charge in [-0.25, -0.2) is 17.4 Å². The molecule has 4 N–H and O–H groups in total. The molecule has 6 heterocycles. The summed E-state index contributed by atoms with van der Waals surface area (Å²) in [6.45, 7) is 11.3. The van der Waals surface area contributed by atoms with Crippen molar-refractivity contribution in [3.8, 4) is 11.5 Å². The molecule has 1 fully saturated rings. The number of ether oxygens (including phenoxy) is 2. The molecule has 7 rings (SSSR count). The number of pyridine rings is 2. The number of aryl methyl sites for hydroxylation is 2. The van der Waals surface area contributed by atoms with Gasteiger partial charge in [-0.05, 0) is 101 Å². The Morgan fingerprint density at radius 3 is 1.64 bits per heavy atom. The molecular formula is C43H53N9O8S. The molecule has 0 spiro atoms. The van der Waals surface area contributed by atoms with E-state index in [1.54, 1.807) is 68.9 Å². The van der Waals surface area contributed by atoms with E-state index in [9.17, 15) is 27.6 Å². The molecule has 6 aromatic heterocycles. The molecule has 2 atom stereocenters.